The molecule has 0 heterocycles. The van der Waals surface area contributed by atoms with Crippen molar-refractivity contribution in [3.8, 4) is 0 Å². The van der Waals surface area contributed by atoms with E-state index in [1.165, 1.54) is 6.92 Å². The Hall–Kier alpha value is -0.990. The lowest BCUT2D eigenvalue weighted by Gasteiger charge is -2.48. The van der Waals surface area contributed by atoms with Crippen LogP contribution in [-0.2, 0) is 9.53 Å². The maximum atomic E-state index is 11.9. The summed E-state index contributed by atoms with van der Waals surface area (Å²) in [5.74, 6) is -2.10. The second-order valence-electron chi connectivity index (χ2n) is 10.8. The summed E-state index contributed by atoms with van der Waals surface area (Å²) in [4.78, 5) is 11.9. The largest absolute Gasteiger partial charge is 0.461 e. The standard InChI is InChI=1S/C22H34O7/c1-10-12-6-14(24)17-18(29-11(2)23)21(12,9-20(17,5)27)8-16(26)22(28)13(10)7-15(25)19(22,3)4/h12-18,24-28H,1,6-9H2,2-5H3/t12-,13-,14+,15-,16-,17+,18+,20+,21-,22-/m0/s1. The minimum absolute atomic E-state index is 0.0944. The first kappa shape index (κ1) is 21.2. The Morgan fingerprint density at radius 2 is 1.69 bits per heavy atom. The van der Waals surface area contributed by atoms with Crippen molar-refractivity contribution in [1.29, 1.82) is 0 Å². The average molecular weight is 411 g/mol. The topological polar surface area (TPSA) is 127 Å². The Morgan fingerprint density at radius 1 is 1.07 bits per heavy atom. The van der Waals surface area contributed by atoms with Crippen molar-refractivity contribution in [3.05, 3.63) is 12.2 Å². The molecule has 4 aliphatic rings. The SMILES string of the molecule is C=C1[C@@H]2C[C@@H](O)[C@@H]3[C@@H](OC(C)=O)[C@@]2(C[C@H](O)[C@@]2(O)[C@H]1C[C@H](O)C2(C)C)C[C@@]3(C)O. The van der Waals surface area contributed by atoms with Crippen LogP contribution < -0.4 is 0 Å². The van der Waals surface area contributed by atoms with Gasteiger partial charge in [-0.1, -0.05) is 26.0 Å². The number of fused-ring (bicyclic) bond motifs is 2. The van der Waals surface area contributed by atoms with E-state index in [1.54, 1.807) is 20.8 Å². The molecule has 0 aromatic rings. The molecule has 164 valence electrons. The summed E-state index contributed by atoms with van der Waals surface area (Å²) in [6, 6.07) is 0. The van der Waals surface area contributed by atoms with Crippen molar-refractivity contribution in [2.24, 2.45) is 28.6 Å². The van der Waals surface area contributed by atoms with Crippen LogP contribution in [0.1, 0.15) is 53.4 Å². The number of carbonyl (C=O) groups excluding carboxylic acids is 1. The van der Waals surface area contributed by atoms with Crippen molar-refractivity contribution in [2.45, 2.75) is 89.0 Å². The molecule has 29 heavy (non-hydrogen) atoms. The molecule has 0 aromatic heterocycles. The third-order valence-corrected chi connectivity index (χ3v) is 9.01. The van der Waals surface area contributed by atoms with Crippen LogP contribution >= 0.6 is 0 Å². The Kier molecular flexibility index (Phi) is 4.42. The zero-order chi connectivity index (χ0) is 21.7. The molecule has 4 aliphatic carbocycles. The highest BCUT2D eigenvalue weighted by Gasteiger charge is 2.74. The van der Waals surface area contributed by atoms with E-state index < -0.39 is 64.3 Å². The summed E-state index contributed by atoms with van der Waals surface area (Å²) >= 11 is 0. The van der Waals surface area contributed by atoms with Gasteiger partial charge in [0.15, 0.2) is 0 Å². The summed E-state index contributed by atoms with van der Waals surface area (Å²) in [6.45, 7) is 10.7. The molecule has 0 radical (unpaired) electrons. The molecule has 4 fully saturated rings. The van der Waals surface area contributed by atoms with Gasteiger partial charge < -0.3 is 30.3 Å². The second kappa shape index (κ2) is 6.04. The molecular formula is C22H34O7. The molecule has 4 saturated carbocycles. The first-order valence-electron chi connectivity index (χ1n) is 10.5. The number of carbonyl (C=O) groups is 1. The van der Waals surface area contributed by atoms with Gasteiger partial charge in [-0.05, 0) is 38.5 Å². The molecule has 0 saturated heterocycles. The van der Waals surface area contributed by atoms with Gasteiger partial charge in [-0.3, -0.25) is 4.79 Å². The van der Waals surface area contributed by atoms with Crippen LogP contribution in [0.25, 0.3) is 0 Å². The lowest BCUT2D eigenvalue weighted by atomic mass is 9.60. The Morgan fingerprint density at radius 3 is 2.28 bits per heavy atom. The minimum Gasteiger partial charge on any atom is -0.461 e. The highest BCUT2D eigenvalue weighted by Crippen LogP contribution is 2.69. The number of ether oxygens (including phenoxy) is 1. The molecule has 0 aromatic carbocycles. The summed E-state index contributed by atoms with van der Waals surface area (Å²) in [5, 5.41) is 55.8. The van der Waals surface area contributed by atoms with E-state index in [4.69, 9.17) is 4.74 Å². The lowest BCUT2D eigenvalue weighted by molar-refractivity contribution is -0.187. The van der Waals surface area contributed by atoms with E-state index in [-0.39, 0.29) is 25.2 Å². The lowest BCUT2D eigenvalue weighted by Crippen LogP contribution is -2.57. The number of hydrogen-bond acceptors (Lipinski definition) is 7. The Labute approximate surface area is 171 Å². The monoisotopic (exact) mass is 410 g/mol. The van der Waals surface area contributed by atoms with E-state index >= 15 is 0 Å². The molecule has 0 amide bonds. The smallest absolute Gasteiger partial charge is 0.302 e. The third-order valence-electron chi connectivity index (χ3n) is 9.01. The summed E-state index contributed by atoms with van der Waals surface area (Å²) in [6.07, 6.45) is -2.81. The van der Waals surface area contributed by atoms with Crippen molar-refractivity contribution >= 4 is 5.97 Å². The van der Waals surface area contributed by atoms with Crippen LogP contribution in [0.2, 0.25) is 0 Å². The van der Waals surface area contributed by atoms with Gasteiger partial charge in [0.2, 0.25) is 0 Å². The van der Waals surface area contributed by atoms with Gasteiger partial charge in [0.05, 0.1) is 29.8 Å². The number of aliphatic hydroxyl groups excluding tert-OH is 3. The van der Waals surface area contributed by atoms with Gasteiger partial charge >= 0.3 is 5.97 Å². The number of aliphatic hydroxyl groups is 5. The van der Waals surface area contributed by atoms with Crippen LogP contribution in [0.4, 0.5) is 0 Å². The normalized spacial score (nSPS) is 55.8. The number of rotatable bonds is 1. The third kappa shape index (κ3) is 2.45. The average Bonchev–Trinajstić information content (AvgIpc) is 2.84. The summed E-state index contributed by atoms with van der Waals surface area (Å²) in [7, 11) is 0. The zero-order valence-electron chi connectivity index (χ0n) is 17.6. The van der Waals surface area contributed by atoms with E-state index in [0.717, 1.165) is 0 Å². The summed E-state index contributed by atoms with van der Waals surface area (Å²) in [5.41, 5.74) is -4.05. The molecule has 1 spiro atoms. The molecular weight excluding hydrogens is 376 g/mol. The maximum absolute atomic E-state index is 11.9. The van der Waals surface area contributed by atoms with Crippen LogP contribution in [0.3, 0.4) is 0 Å². The van der Waals surface area contributed by atoms with Crippen LogP contribution in [0.15, 0.2) is 12.2 Å². The van der Waals surface area contributed by atoms with Crippen molar-refractivity contribution in [1.82, 2.24) is 0 Å². The van der Waals surface area contributed by atoms with Gasteiger partial charge in [0.1, 0.15) is 11.7 Å². The van der Waals surface area contributed by atoms with E-state index in [0.29, 0.717) is 12.0 Å². The fourth-order valence-electron chi connectivity index (χ4n) is 7.62. The molecule has 2 bridgehead atoms. The molecule has 5 N–H and O–H groups in total. The maximum Gasteiger partial charge on any atom is 0.302 e. The van der Waals surface area contributed by atoms with Crippen LogP contribution in [0.5, 0.6) is 0 Å². The van der Waals surface area contributed by atoms with Crippen molar-refractivity contribution < 1.29 is 35.1 Å². The molecule has 10 atom stereocenters. The van der Waals surface area contributed by atoms with E-state index in [2.05, 4.69) is 6.58 Å². The number of hydrogen-bond donors (Lipinski definition) is 5. The molecule has 0 unspecified atom stereocenters. The van der Waals surface area contributed by atoms with Crippen molar-refractivity contribution in [2.75, 3.05) is 0 Å². The predicted octanol–water partition coefficient (Wildman–Crippen LogP) is 0.515. The molecule has 7 heteroatoms. The fourth-order valence-corrected chi connectivity index (χ4v) is 7.62. The van der Waals surface area contributed by atoms with Crippen LogP contribution in [-0.4, -0.2) is 67.1 Å². The Bertz CT molecular complexity index is 745. The van der Waals surface area contributed by atoms with Gasteiger partial charge in [0, 0.05) is 23.7 Å². The Balaban J connectivity index is 1.88. The highest BCUT2D eigenvalue weighted by molar-refractivity contribution is 5.66. The second-order valence-corrected chi connectivity index (χ2v) is 10.8. The van der Waals surface area contributed by atoms with Crippen LogP contribution in [0, 0.1) is 28.6 Å². The van der Waals surface area contributed by atoms with Crippen molar-refractivity contribution in [3.63, 3.8) is 0 Å². The van der Waals surface area contributed by atoms with E-state index in [9.17, 15) is 30.3 Å². The first-order valence-corrected chi connectivity index (χ1v) is 10.5. The fraction of sp³-hybridized carbons (Fsp3) is 0.864. The quantitative estimate of drug-likeness (QED) is 0.315. The molecule has 0 aliphatic heterocycles. The zero-order valence-corrected chi connectivity index (χ0v) is 17.6. The van der Waals surface area contributed by atoms with Gasteiger partial charge in [-0.2, -0.15) is 0 Å². The first-order chi connectivity index (χ1) is 13.2. The van der Waals surface area contributed by atoms with Gasteiger partial charge in [0.25, 0.3) is 0 Å². The predicted molar refractivity (Wildman–Crippen MR) is 103 cm³/mol. The van der Waals surface area contributed by atoms with Gasteiger partial charge in [-0.15, -0.1) is 0 Å². The van der Waals surface area contributed by atoms with E-state index in [1.807, 2.05) is 0 Å². The molecule has 4 rings (SSSR count). The highest BCUT2D eigenvalue weighted by atomic mass is 16.5. The molecule has 7 nitrogen and oxygen atoms in total. The minimum atomic E-state index is -1.61. The number of esters is 1. The van der Waals surface area contributed by atoms with Gasteiger partial charge in [-0.25, -0.2) is 0 Å². The summed E-state index contributed by atoms with van der Waals surface area (Å²) < 4.78 is 5.68.